The van der Waals surface area contributed by atoms with Crippen molar-refractivity contribution in [1.82, 2.24) is 10.3 Å². The molecule has 1 N–H and O–H groups in total. The maximum absolute atomic E-state index is 5.85. The van der Waals surface area contributed by atoms with Crippen LogP contribution in [0.1, 0.15) is 24.8 Å². The molecule has 0 spiro atoms. The standard InChI is InChI=1S/C14H17ClN2/c15-14-5-4-11(8-17-14)12-3-1-2-10-6-7-16-9-13(10)12/h3-5,8,10,13,16H,1-2,6-7,9H2/t10-,13+/m0/s1. The zero-order chi connectivity index (χ0) is 11.7. The van der Waals surface area contributed by atoms with Gasteiger partial charge in [-0.05, 0) is 54.8 Å². The third-order valence-electron chi connectivity index (χ3n) is 3.99. The van der Waals surface area contributed by atoms with E-state index in [2.05, 4.69) is 22.4 Å². The molecule has 2 heterocycles. The SMILES string of the molecule is Clc1ccc(C2=CCC[C@H]3CCNC[C@@H]23)cn1. The van der Waals surface area contributed by atoms with E-state index in [-0.39, 0.29) is 0 Å². The summed E-state index contributed by atoms with van der Waals surface area (Å²) in [6, 6.07) is 3.98. The molecule has 1 aliphatic heterocycles. The van der Waals surface area contributed by atoms with Crippen LogP contribution >= 0.6 is 11.6 Å². The van der Waals surface area contributed by atoms with Crippen molar-refractivity contribution in [3.63, 3.8) is 0 Å². The number of aromatic nitrogens is 1. The quantitative estimate of drug-likeness (QED) is 0.773. The Morgan fingerprint density at radius 2 is 2.24 bits per heavy atom. The van der Waals surface area contributed by atoms with E-state index in [1.807, 2.05) is 12.3 Å². The minimum Gasteiger partial charge on any atom is -0.316 e. The molecule has 0 amide bonds. The topological polar surface area (TPSA) is 24.9 Å². The van der Waals surface area contributed by atoms with Crippen molar-refractivity contribution in [2.45, 2.75) is 19.3 Å². The average Bonchev–Trinajstić information content (AvgIpc) is 2.39. The first-order valence-electron chi connectivity index (χ1n) is 6.37. The summed E-state index contributed by atoms with van der Waals surface area (Å²) in [5.74, 6) is 1.52. The van der Waals surface area contributed by atoms with Gasteiger partial charge in [-0.3, -0.25) is 0 Å². The number of fused-ring (bicyclic) bond motifs is 1. The van der Waals surface area contributed by atoms with Gasteiger partial charge in [0.05, 0.1) is 0 Å². The van der Waals surface area contributed by atoms with Gasteiger partial charge in [-0.1, -0.05) is 23.7 Å². The van der Waals surface area contributed by atoms with Gasteiger partial charge in [-0.25, -0.2) is 4.98 Å². The molecule has 3 heteroatoms. The third kappa shape index (κ3) is 2.24. The van der Waals surface area contributed by atoms with Crippen molar-refractivity contribution in [3.8, 4) is 0 Å². The summed E-state index contributed by atoms with van der Waals surface area (Å²) in [7, 11) is 0. The fraction of sp³-hybridized carbons (Fsp3) is 0.500. The number of nitrogens with zero attached hydrogens (tertiary/aromatic N) is 1. The Balaban J connectivity index is 1.90. The number of rotatable bonds is 1. The molecule has 2 atom stereocenters. The molecule has 0 aromatic carbocycles. The van der Waals surface area contributed by atoms with Crippen molar-refractivity contribution in [2.75, 3.05) is 13.1 Å². The Morgan fingerprint density at radius 1 is 1.29 bits per heavy atom. The number of hydrogen-bond acceptors (Lipinski definition) is 2. The lowest BCUT2D eigenvalue weighted by Gasteiger charge is -2.37. The van der Waals surface area contributed by atoms with Crippen LogP contribution in [-0.2, 0) is 0 Å². The maximum atomic E-state index is 5.85. The lowest BCUT2D eigenvalue weighted by molar-refractivity contribution is 0.285. The molecule has 1 aromatic rings. The fourth-order valence-electron chi connectivity index (χ4n) is 3.11. The van der Waals surface area contributed by atoms with Crippen LogP contribution in [0.4, 0.5) is 0 Å². The summed E-state index contributed by atoms with van der Waals surface area (Å²) < 4.78 is 0. The summed E-state index contributed by atoms with van der Waals surface area (Å²) in [4.78, 5) is 4.20. The van der Waals surface area contributed by atoms with E-state index in [1.165, 1.54) is 36.9 Å². The number of nitrogens with one attached hydrogen (secondary N) is 1. The molecule has 1 aliphatic carbocycles. The Hall–Kier alpha value is -0.860. The van der Waals surface area contributed by atoms with Crippen LogP contribution in [0.3, 0.4) is 0 Å². The molecule has 0 bridgehead atoms. The van der Waals surface area contributed by atoms with Gasteiger partial charge < -0.3 is 5.32 Å². The predicted octanol–water partition coefficient (Wildman–Crippen LogP) is 3.14. The monoisotopic (exact) mass is 248 g/mol. The number of allylic oxidation sites excluding steroid dienone is 1. The Kier molecular flexibility index (Phi) is 3.17. The van der Waals surface area contributed by atoms with Gasteiger partial charge in [0.15, 0.2) is 0 Å². The van der Waals surface area contributed by atoms with Crippen molar-refractivity contribution < 1.29 is 0 Å². The maximum Gasteiger partial charge on any atom is 0.129 e. The highest BCUT2D eigenvalue weighted by atomic mass is 35.5. The Labute approximate surface area is 107 Å². The van der Waals surface area contributed by atoms with E-state index < -0.39 is 0 Å². The lowest BCUT2D eigenvalue weighted by Crippen LogP contribution is -2.38. The van der Waals surface area contributed by atoms with Crippen molar-refractivity contribution in [1.29, 1.82) is 0 Å². The lowest BCUT2D eigenvalue weighted by atomic mass is 9.73. The van der Waals surface area contributed by atoms with Crippen LogP contribution in [0.25, 0.3) is 5.57 Å². The summed E-state index contributed by atoms with van der Waals surface area (Å²) >= 11 is 5.85. The molecule has 17 heavy (non-hydrogen) atoms. The van der Waals surface area contributed by atoms with Gasteiger partial charge in [-0.15, -0.1) is 0 Å². The third-order valence-corrected chi connectivity index (χ3v) is 4.21. The first-order valence-corrected chi connectivity index (χ1v) is 6.75. The van der Waals surface area contributed by atoms with Gasteiger partial charge in [0.25, 0.3) is 0 Å². The Morgan fingerprint density at radius 3 is 3.06 bits per heavy atom. The van der Waals surface area contributed by atoms with E-state index in [0.717, 1.165) is 12.5 Å². The average molecular weight is 249 g/mol. The van der Waals surface area contributed by atoms with Crippen LogP contribution in [0.15, 0.2) is 24.4 Å². The molecule has 0 saturated carbocycles. The number of pyridine rings is 1. The summed E-state index contributed by atoms with van der Waals surface area (Å²) in [5.41, 5.74) is 2.71. The normalized spacial score (nSPS) is 28.4. The van der Waals surface area contributed by atoms with Gasteiger partial charge in [0.2, 0.25) is 0 Å². The minimum absolute atomic E-state index is 0.573. The van der Waals surface area contributed by atoms with E-state index in [0.29, 0.717) is 11.1 Å². The predicted molar refractivity (Wildman–Crippen MR) is 70.9 cm³/mol. The van der Waals surface area contributed by atoms with E-state index in [9.17, 15) is 0 Å². The summed E-state index contributed by atoms with van der Waals surface area (Å²) in [6.07, 6.45) is 8.16. The van der Waals surface area contributed by atoms with Crippen LogP contribution in [0.2, 0.25) is 5.15 Å². The number of piperidine rings is 1. The first-order chi connectivity index (χ1) is 8.34. The smallest absolute Gasteiger partial charge is 0.129 e. The van der Waals surface area contributed by atoms with Crippen LogP contribution in [0, 0.1) is 11.8 Å². The van der Waals surface area contributed by atoms with Gasteiger partial charge >= 0.3 is 0 Å². The second-order valence-electron chi connectivity index (χ2n) is 4.97. The molecule has 90 valence electrons. The van der Waals surface area contributed by atoms with E-state index >= 15 is 0 Å². The van der Waals surface area contributed by atoms with Crippen LogP contribution < -0.4 is 5.32 Å². The van der Waals surface area contributed by atoms with Gasteiger partial charge in [0.1, 0.15) is 5.15 Å². The fourth-order valence-corrected chi connectivity index (χ4v) is 3.22. The Bertz CT molecular complexity index is 424. The highest BCUT2D eigenvalue weighted by molar-refractivity contribution is 6.29. The summed E-state index contributed by atoms with van der Waals surface area (Å²) in [6.45, 7) is 2.28. The van der Waals surface area contributed by atoms with Gasteiger partial charge in [0, 0.05) is 12.7 Å². The molecule has 3 rings (SSSR count). The number of halogens is 1. The van der Waals surface area contributed by atoms with Gasteiger partial charge in [-0.2, -0.15) is 0 Å². The minimum atomic E-state index is 0.573. The van der Waals surface area contributed by atoms with Crippen LogP contribution in [0.5, 0.6) is 0 Å². The molecular formula is C14H17ClN2. The van der Waals surface area contributed by atoms with Crippen LogP contribution in [-0.4, -0.2) is 18.1 Å². The summed E-state index contributed by atoms with van der Waals surface area (Å²) in [5, 5.41) is 4.08. The van der Waals surface area contributed by atoms with E-state index in [1.54, 1.807) is 0 Å². The highest BCUT2D eigenvalue weighted by Crippen LogP contribution is 2.39. The number of hydrogen-bond donors (Lipinski definition) is 1. The second-order valence-corrected chi connectivity index (χ2v) is 5.35. The van der Waals surface area contributed by atoms with E-state index in [4.69, 9.17) is 11.6 Å². The molecule has 1 aromatic heterocycles. The van der Waals surface area contributed by atoms with Crippen molar-refractivity contribution >= 4 is 17.2 Å². The first kappa shape index (κ1) is 11.2. The largest absolute Gasteiger partial charge is 0.316 e. The highest BCUT2D eigenvalue weighted by Gasteiger charge is 2.30. The van der Waals surface area contributed by atoms with Crippen molar-refractivity contribution in [3.05, 3.63) is 35.1 Å². The molecule has 2 nitrogen and oxygen atoms in total. The second kappa shape index (κ2) is 4.79. The molecule has 0 radical (unpaired) electrons. The molecule has 1 fully saturated rings. The zero-order valence-electron chi connectivity index (χ0n) is 9.82. The molecular weight excluding hydrogens is 232 g/mol. The molecule has 0 unspecified atom stereocenters. The zero-order valence-corrected chi connectivity index (χ0v) is 10.6. The molecule has 2 aliphatic rings. The molecule has 1 saturated heterocycles. The van der Waals surface area contributed by atoms with Crippen molar-refractivity contribution in [2.24, 2.45) is 11.8 Å².